The second kappa shape index (κ2) is 3.96. The molecule has 0 aromatic rings. The maximum Gasteiger partial charge on any atom is 0.295 e. The van der Waals surface area contributed by atoms with Crippen LogP contribution in [0, 0.1) is 0 Å². The Labute approximate surface area is 72.0 Å². The number of nitrogens with two attached hydrogens (primary N) is 1. The second-order valence-electron chi connectivity index (χ2n) is 1.76. The van der Waals surface area contributed by atoms with Crippen LogP contribution < -0.4 is 5.84 Å². The van der Waals surface area contributed by atoms with Crippen LogP contribution in [-0.4, -0.2) is 20.1 Å². The van der Waals surface area contributed by atoms with Crippen molar-refractivity contribution in [2.75, 3.05) is 5.75 Å². The van der Waals surface area contributed by atoms with Gasteiger partial charge in [0.25, 0.3) is 4.71 Å². The van der Waals surface area contributed by atoms with Crippen molar-refractivity contribution in [1.29, 1.82) is 0 Å². The van der Waals surface area contributed by atoms with Crippen molar-refractivity contribution in [2.45, 2.75) is 4.71 Å². The van der Waals surface area contributed by atoms with Crippen LogP contribution in [0.15, 0.2) is 22.4 Å². The Morgan fingerprint density at radius 1 is 1.91 bits per heavy atom. The highest BCUT2D eigenvalue weighted by Crippen LogP contribution is 2.26. The number of thioether (sulfide) groups is 1. The van der Waals surface area contributed by atoms with E-state index >= 15 is 0 Å². The summed E-state index contributed by atoms with van der Waals surface area (Å²) in [7, 11) is 0. The van der Waals surface area contributed by atoms with E-state index in [2.05, 4.69) is 16.3 Å². The van der Waals surface area contributed by atoms with Crippen LogP contribution in [0.2, 0.25) is 0 Å². The van der Waals surface area contributed by atoms with Crippen molar-refractivity contribution < 1.29 is 4.55 Å². The van der Waals surface area contributed by atoms with Crippen LogP contribution in [-0.2, 0) is 11.4 Å². The molecule has 5 nitrogen and oxygen atoms in total. The predicted octanol–water partition coefficient (Wildman–Crippen LogP) is 0.409. The third-order valence-corrected chi connectivity index (χ3v) is 3.59. The molecule has 0 aromatic carbocycles. The largest absolute Gasteiger partial charge is 0.587 e. The number of hydrogen-bond acceptors (Lipinski definition) is 6. The van der Waals surface area contributed by atoms with Gasteiger partial charge in [0.1, 0.15) is 0 Å². The Morgan fingerprint density at radius 3 is 3.09 bits per heavy atom. The van der Waals surface area contributed by atoms with Crippen molar-refractivity contribution in [3.05, 3.63) is 12.7 Å². The van der Waals surface area contributed by atoms with Gasteiger partial charge in [-0.2, -0.15) is 0 Å². The van der Waals surface area contributed by atoms with E-state index in [0.29, 0.717) is 5.75 Å². The molecular weight excluding hydrogens is 184 g/mol. The van der Waals surface area contributed by atoms with E-state index in [4.69, 9.17) is 5.84 Å². The Hall–Kier alpha value is -0.240. The average Bonchev–Trinajstić information content (AvgIpc) is 2.29. The Morgan fingerprint density at radius 2 is 2.64 bits per heavy atom. The molecule has 0 saturated heterocycles. The minimum absolute atomic E-state index is 0.354. The lowest BCUT2D eigenvalue weighted by Gasteiger charge is -2.12. The van der Waals surface area contributed by atoms with E-state index in [1.54, 1.807) is 6.08 Å². The highest BCUT2D eigenvalue weighted by Gasteiger charge is 2.34. The van der Waals surface area contributed by atoms with Gasteiger partial charge in [-0.15, -0.1) is 11.7 Å². The molecule has 2 N–H and O–H groups in total. The van der Waals surface area contributed by atoms with Crippen LogP contribution in [0.1, 0.15) is 0 Å². The molecule has 62 valence electrons. The zero-order valence-corrected chi connectivity index (χ0v) is 7.35. The highest BCUT2D eigenvalue weighted by atomic mass is 32.3. The molecule has 7 heteroatoms. The van der Waals surface area contributed by atoms with E-state index in [1.807, 2.05) is 0 Å². The third-order valence-electron chi connectivity index (χ3n) is 0.965. The lowest BCUT2D eigenvalue weighted by Crippen LogP contribution is -2.34. The summed E-state index contributed by atoms with van der Waals surface area (Å²) in [5, 5.41) is 4.53. The SMILES string of the molecule is C=CCSC1N(N)N=N[S+]1[O-]. The fourth-order valence-corrected chi connectivity index (χ4v) is 2.31. The smallest absolute Gasteiger partial charge is 0.295 e. The monoisotopic (exact) mass is 192 g/mol. The molecule has 0 amide bonds. The molecular formula is C4H8N4OS2. The van der Waals surface area contributed by atoms with Crippen molar-refractivity contribution in [3.8, 4) is 0 Å². The molecule has 0 aromatic heterocycles. The summed E-state index contributed by atoms with van der Waals surface area (Å²) in [4.78, 5) is 0. The molecule has 1 aliphatic heterocycles. The van der Waals surface area contributed by atoms with Crippen molar-refractivity contribution in [3.63, 3.8) is 0 Å². The van der Waals surface area contributed by atoms with E-state index < -0.39 is 11.4 Å². The lowest BCUT2D eigenvalue weighted by molar-refractivity contribution is 0.326. The number of nitrogens with zero attached hydrogens (tertiary/aromatic N) is 3. The summed E-state index contributed by atoms with van der Waals surface area (Å²) in [6.07, 6.45) is 1.72. The van der Waals surface area contributed by atoms with Gasteiger partial charge in [0.05, 0.1) is 4.52 Å². The van der Waals surface area contributed by atoms with Gasteiger partial charge in [-0.05, 0) is 5.22 Å². The third kappa shape index (κ3) is 2.09. The first-order chi connectivity index (χ1) is 5.25. The number of hydrogen-bond donors (Lipinski definition) is 1. The number of hydrazine groups is 1. The van der Waals surface area contributed by atoms with Gasteiger partial charge in [0.2, 0.25) is 0 Å². The summed E-state index contributed by atoms with van der Waals surface area (Å²) in [6.45, 7) is 3.53. The van der Waals surface area contributed by atoms with Crippen LogP contribution in [0.3, 0.4) is 0 Å². The Bertz CT molecular complexity index is 163. The van der Waals surface area contributed by atoms with E-state index in [1.165, 1.54) is 11.8 Å². The summed E-state index contributed by atoms with van der Waals surface area (Å²) >= 11 is 0.0777. The summed E-state index contributed by atoms with van der Waals surface area (Å²) < 4.78 is 14.0. The quantitative estimate of drug-likeness (QED) is 0.399. The zero-order valence-electron chi connectivity index (χ0n) is 5.71. The van der Waals surface area contributed by atoms with Crippen LogP contribution in [0.25, 0.3) is 0 Å². The molecule has 0 spiro atoms. The minimum Gasteiger partial charge on any atom is -0.587 e. The van der Waals surface area contributed by atoms with Gasteiger partial charge in [-0.3, -0.25) is 0 Å². The van der Waals surface area contributed by atoms with Crippen LogP contribution >= 0.6 is 11.8 Å². The van der Waals surface area contributed by atoms with Gasteiger partial charge in [-0.1, -0.05) is 17.8 Å². The first-order valence-corrected chi connectivity index (χ1v) is 5.06. The Kier molecular flexibility index (Phi) is 3.18. The van der Waals surface area contributed by atoms with Crippen molar-refractivity contribution in [1.82, 2.24) is 5.12 Å². The van der Waals surface area contributed by atoms with Crippen molar-refractivity contribution >= 4 is 23.1 Å². The average molecular weight is 192 g/mol. The topological polar surface area (TPSA) is 77.0 Å². The molecule has 1 aliphatic rings. The molecule has 2 atom stereocenters. The molecule has 1 rings (SSSR count). The van der Waals surface area contributed by atoms with Gasteiger partial charge in [0, 0.05) is 5.75 Å². The fourth-order valence-electron chi connectivity index (χ4n) is 0.538. The predicted molar refractivity (Wildman–Crippen MR) is 45.5 cm³/mol. The fraction of sp³-hybridized carbons (Fsp3) is 0.500. The molecule has 1 heterocycles. The van der Waals surface area contributed by atoms with Crippen molar-refractivity contribution in [2.24, 2.45) is 15.6 Å². The van der Waals surface area contributed by atoms with Gasteiger partial charge < -0.3 is 4.55 Å². The standard InChI is InChI=1S/C4H8N4OS2/c1-2-3-10-4-8(5)6-7-11(4)9/h2,4H,1,3,5H2. The van der Waals surface area contributed by atoms with Crippen LogP contribution in [0.5, 0.6) is 0 Å². The molecule has 0 aliphatic carbocycles. The molecule has 0 bridgehead atoms. The maximum absolute atomic E-state index is 11.0. The first-order valence-electron chi connectivity index (χ1n) is 2.84. The van der Waals surface area contributed by atoms with Crippen LogP contribution in [0.4, 0.5) is 0 Å². The molecule has 11 heavy (non-hydrogen) atoms. The molecule has 2 unspecified atom stereocenters. The summed E-state index contributed by atoms with van der Waals surface area (Å²) in [5.41, 5.74) is 0. The molecule has 0 radical (unpaired) electrons. The molecule has 0 fully saturated rings. The second-order valence-corrected chi connectivity index (χ2v) is 4.33. The van der Waals surface area contributed by atoms with Gasteiger partial charge in [-0.25, -0.2) is 5.84 Å². The maximum atomic E-state index is 11.0. The van der Waals surface area contributed by atoms with E-state index in [0.717, 1.165) is 5.12 Å². The van der Waals surface area contributed by atoms with Gasteiger partial charge in [0.15, 0.2) is 11.4 Å². The van der Waals surface area contributed by atoms with Gasteiger partial charge >= 0.3 is 0 Å². The van der Waals surface area contributed by atoms with E-state index in [9.17, 15) is 4.55 Å². The first kappa shape index (κ1) is 8.85. The number of rotatable bonds is 3. The lowest BCUT2D eigenvalue weighted by atomic mass is 10.8. The van der Waals surface area contributed by atoms with E-state index in [-0.39, 0.29) is 4.71 Å². The normalized spacial score (nSPS) is 29.5. The molecule has 0 saturated carbocycles. The highest BCUT2D eigenvalue weighted by molar-refractivity contribution is 8.13. The summed E-state index contributed by atoms with van der Waals surface area (Å²) in [5.74, 6) is 6.02. The Balaban J connectivity index is 2.38. The summed E-state index contributed by atoms with van der Waals surface area (Å²) in [6, 6.07) is 0. The minimum atomic E-state index is -1.32. The zero-order chi connectivity index (χ0) is 8.27.